The van der Waals surface area contributed by atoms with E-state index in [1.807, 2.05) is 30.6 Å². The number of halogens is 1. The number of rotatable bonds is 5. The van der Waals surface area contributed by atoms with Gasteiger partial charge in [-0.25, -0.2) is 9.97 Å². The highest BCUT2D eigenvalue weighted by Crippen LogP contribution is 2.37. The predicted molar refractivity (Wildman–Crippen MR) is 115 cm³/mol. The number of aliphatic imine (C=N–C) groups is 1. The molecule has 2 aliphatic rings. The fourth-order valence-corrected chi connectivity index (χ4v) is 2.78. The first-order valence-electron chi connectivity index (χ1n) is 9.05. The number of anilines is 1. The molecule has 1 aliphatic carbocycles. The molecule has 0 saturated heterocycles. The molecule has 1 aromatic carbocycles. The van der Waals surface area contributed by atoms with Gasteiger partial charge in [0, 0.05) is 43.0 Å². The van der Waals surface area contributed by atoms with E-state index >= 15 is 0 Å². The van der Waals surface area contributed by atoms with Gasteiger partial charge in [0.1, 0.15) is 5.82 Å². The molecule has 8 heteroatoms. The number of ether oxygens (including phenoxy) is 2. The Balaban J connectivity index is 0.00000210. The minimum atomic E-state index is 0. The fraction of sp³-hybridized carbons (Fsp3) is 0.421. The van der Waals surface area contributed by atoms with Crippen molar-refractivity contribution in [1.29, 1.82) is 0 Å². The van der Waals surface area contributed by atoms with Gasteiger partial charge in [-0.05, 0) is 37.0 Å². The van der Waals surface area contributed by atoms with Crippen molar-refractivity contribution in [2.24, 2.45) is 10.7 Å². The minimum absolute atomic E-state index is 0. The number of nitrogens with two attached hydrogens (primary N) is 1. The third-order valence-corrected chi connectivity index (χ3v) is 4.37. The van der Waals surface area contributed by atoms with Gasteiger partial charge in [-0.1, -0.05) is 0 Å². The third-order valence-electron chi connectivity index (χ3n) is 4.37. The molecular formula is C19H24IN5O2. The number of hydrogen-bond donors (Lipinski definition) is 2. The topological polar surface area (TPSA) is 94.7 Å². The first-order chi connectivity index (χ1) is 12.8. The van der Waals surface area contributed by atoms with Crippen LogP contribution in [0.2, 0.25) is 0 Å². The van der Waals surface area contributed by atoms with Crippen molar-refractivity contribution in [3.05, 3.63) is 42.0 Å². The van der Waals surface area contributed by atoms with Crippen LogP contribution in [0.4, 0.5) is 5.69 Å². The van der Waals surface area contributed by atoms with Crippen LogP contribution in [0.5, 0.6) is 11.5 Å². The Kier molecular flexibility index (Phi) is 6.70. The Labute approximate surface area is 175 Å². The lowest BCUT2D eigenvalue weighted by molar-refractivity contribution is 0.297. The van der Waals surface area contributed by atoms with Crippen molar-refractivity contribution in [2.75, 3.05) is 25.1 Å². The van der Waals surface area contributed by atoms with Crippen molar-refractivity contribution in [3.63, 3.8) is 0 Å². The molecule has 0 atom stereocenters. The number of benzene rings is 1. The molecule has 1 aliphatic heterocycles. The molecule has 4 rings (SSSR count). The molecule has 2 heterocycles. The van der Waals surface area contributed by atoms with Crippen LogP contribution in [-0.4, -0.2) is 35.7 Å². The van der Waals surface area contributed by atoms with E-state index in [0.717, 1.165) is 41.4 Å². The molecule has 0 amide bonds. The Morgan fingerprint density at radius 3 is 2.63 bits per heavy atom. The smallest absolute Gasteiger partial charge is 0.193 e. The molecule has 144 valence electrons. The molecule has 2 aromatic rings. The largest absolute Gasteiger partial charge is 0.490 e. The summed E-state index contributed by atoms with van der Waals surface area (Å²) in [5.41, 5.74) is 7.88. The van der Waals surface area contributed by atoms with Gasteiger partial charge in [0.15, 0.2) is 17.5 Å². The molecule has 7 nitrogen and oxygen atoms in total. The Hall–Kier alpha value is -2.10. The van der Waals surface area contributed by atoms with Gasteiger partial charge < -0.3 is 20.5 Å². The summed E-state index contributed by atoms with van der Waals surface area (Å²) in [6, 6.07) is 5.67. The predicted octanol–water partition coefficient (Wildman–Crippen LogP) is 3.10. The normalized spacial score (nSPS) is 16.2. The Morgan fingerprint density at radius 1 is 1.15 bits per heavy atom. The zero-order chi connectivity index (χ0) is 17.8. The van der Waals surface area contributed by atoms with E-state index in [-0.39, 0.29) is 24.0 Å². The summed E-state index contributed by atoms with van der Waals surface area (Å²) < 4.78 is 11.3. The van der Waals surface area contributed by atoms with Crippen molar-refractivity contribution in [3.8, 4) is 11.5 Å². The standard InChI is InChI=1S/C19H23N5O2.HI/c20-19(21-7-6-13-11-22-18(23-12-13)14-2-3-14)24-15-4-5-16-17(10-15)26-9-1-8-25-16;/h4-5,10-12,14H,1-3,6-9H2,(H3,20,21,24);1H. The molecule has 0 radical (unpaired) electrons. The van der Waals surface area contributed by atoms with Gasteiger partial charge in [0.05, 0.1) is 13.2 Å². The summed E-state index contributed by atoms with van der Waals surface area (Å²) in [6.07, 6.45) is 7.85. The monoisotopic (exact) mass is 481 g/mol. The zero-order valence-electron chi connectivity index (χ0n) is 15.1. The number of nitrogens with one attached hydrogen (secondary N) is 1. The molecule has 0 bridgehead atoms. The maximum Gasteiger partial charge on any atom is 0.193 e. The molecule has 3 N–H and O–H groups in total. The van der Waals surface area contributed by atoms with E-state index < -0.39 is 0 Å². The highest BCUT2D eigenvalue weighted by atomic mass is 127. The van der Waals surface area contributed by atoms with Crippen molar-refractivity contribution in [2.45, 2.75) is 31.6 Å². The Morgan fingerprint density at radius 2 is 1.89 bits per heavy atom. The van der Waals surface area contributed by atoms with Crippen LogP contribution >= 0.6 is 24.0 Å². The average molecular weight is 481 g/mol. The minimum Gasteiger partial charge on any atom is -0.490 e. The van der Waals surface area contributed by atoms with E-state index in [2.05, 4.69) is 20.3 Å². The molecule has 1 fully saturated rings. The lowest BCUT2D eigenvalue weighted by Gasteiger charge is -2.10. The van der Waals surface area contributed by atoms with Gasteiger partial charge in [0.25, 0.3) is 0 Å². The molecule has 1 aromatic heterocycles. The number of nitrogens with zero attached hydrogens (tertiary/aromatic N) is 3. The Bertz CT molecular complexity index is 793. The molecule has 0 spiro atoms. The first kappa shape index (κ1) is 19.7. The van der Waals surface area contributed by atoms with Crippen molar-refractivity contribution >= 4 is 35.6 Å². The molecule has 0 unspecified atom stereocenters. The van der Waals surface area contributed by atoms with Crippen LogP contribution in [0.25, 0.3) is 0 Å². The molecule has 27 heavy (non-hydrogen) atoms. The average Bonchev–Trinajstić information content (AvgIpc) is 3.49. The van der Waals surface area contributed by atoms with E-state index in [4.69, 9.17) is 15.2 Å². The van der Waals surface area contributed by atoms with Gasteiger partial charge >= 0.3 is 0 Å². The molecular weight excluding hydrogens is 457 g/mol. The van der Waals surface area contributed by atoms with Crippen LogP contribution in [0.1, 0.15) is 36.6 Å². The second-order valence-corrected chi connectivity index (χ2v) is 6.58. The van der Waals surface area contributed by atoms with Gasteiger partial charge in [0.2, 0.25) is 0 Å². The summed E-state index contributed by atoms with van der Waals surface area (Å²) in [6.45, 7) is 1.91. The maximum atomic E-state index is 5.98. The van der Waals surface area contributed by atoms with Crippen LogP contribution in [0.15, 0.2) is 35.6 Å². The van der Waals surface area contributed by atoms with Crippen molar-refractivity contribution < 1.29 is 9.47 Å². The SMILES string of the molecule is I.NC(=NCCc1cnc(C2CC2)nc1)Nc1ccc2c(c1)OCCCO2. The highest BCUT2D eigenvalue weighted by Gasteiger charge is 2.25. The second-order valence-electron chi connectivity index (χ2n) is 6.58. The maximum absolute atomic E-state index is 5.98. The molecule has 1 saturated carbocycles. The number of guanidine groups is 1. The van der Waals surface area contributed by atoms with Gasteiger partial charge in [-0.2, -0.15) is 0 Å². The zero-order valence-corrected chi connectivity index (χ0v) is 17.4. The summed E-state index contributed by atoms with van der Waals surface area (Å²) in [7, 11) is 0. The van der Waals surface area contributed by atoms with Crippen molar-refractivity contribution in [1.82, 2.24) is 9.97 Å². The van der Waals surface area contributed by atoms with Gasteiger partial charge in [-0.15, -0.1) is 24.0 Å². The van der Waals surface area contributed by atoms with Crippen LogP contribution in [-0.2, 0) is 6.42 Å². The number of hydrogen-bond acceptors (Lipinski definition) is 5. The quantitative estimate of drug-likeness (QED) is 0.387. The van der Waals surface area contributed by atoms with Gasteiger partial charge in [-0.3, -0.25) is 4.99 Å². The highest BCUT2D eigenvalue weighted by molar-refractivity contribution is 14.0. The third kappa shape index (κ3) is 5.44. The first-order valence-corrected chi connectivity index (χ1v) is 9.05. The van der Waals surface area contributed by atoms with E-state index in [1.165, 1.54) is 12.8 Å². The van der Waals surface area contributed by atoms with Crippen LogP contribution in [0.3, 0.4) is 0 Å². The number of fused-ring (bicyclic) bond motifs is 1. The number of aromatic nitrogens is 2. The second kappa shape index (κ2) is 9.20. The van der Waals surface area contributed by atoms with E-state index in [1.54, 1.807) is 0 Å². The summed E-state index contributed by atoms with van der Waals surface area (Å²) in [5, 5.41) is 3.09. The summed E-state index contributed by atoms with van der Waals surface area (Å²) >= 11 is 0. The lowest BCUT2D eigenvalue weighted by atomic mass is 10.2. The van der Waals surface area contributed by atoms with E-state index in [9.17, 15) is 0 Å². The van der Waals surface area contributed by atoms with Crippen LogP contribution in [0, 0.1) is 0 Å². The van der Waals surface area contributed by atoms with Crippen LogP contribution < -0.4 is 20.5 Å². The van der Waals surface area contributed by atoms with E-state index in [0.29, 0.717) is 31.6 Å². The fourth-order valence-electron chi connectivity index (χ4n) is 2.78. The summed E-state index contributed by atoms with van der Waals surface area (Å²) in [5.74, 6) is 3.41. The summed E-state index contributed by atoms with van der Waals surface area (Å²) in [4.78, 5) is 13.2. The lowest BCUT2D eigenvalue weighted by Crippen LogP contribution is -2.23.